The van der Waals surface area contributed by atoms with E-state index in [4.69, 9.17) is 0 Å². The maximum atomic E-state index is 12.8. The van der Waals surface area contributed by atoms with E-state index in [9.17, 15) is 13.2 Å². The highest BCUT2D eigenvalue weighted by molar-refractivity contribution is 5.93. The molecule has 19 heavy (non-hydrogen) atoms. The number of halogens is 3. The molecule has 0 radical (unpaired) electrons. The van der Waals surface area contributed by atoms with Crippen LogP contribution in [0.3, 0.4) is 0 Å². The van der Waals surface area contributed by atoms with Gasteiger partial charge in [-0.25, -0.2) is 9.97 Å². The van der Waals surface area contributed by atoms with E-state index in [1.54, 1.807) is 6.07 Å². The highest BCUT2D eigenvalue weighted by Crippen LogP contribution is 2.35. The van der Waals surface area contributed by atoms with Gasteiger partial charge in [-0.05, 0) is 18.2 Å². The molecule has 0 aliphatic heterocycles. The molecular weight excluding hydrogens is 257 g/mol. The first-order valence-corrected chi connectivity index (χ1v) is 5.37. The molecule has 3 rings (SSSR count). The molecule has 7 heteroatoms. The number of hydrogen-bond donors (Lipinski definition) is 1. The van der Waals surface area contributed by atoms with Crippen molar-refractivity contribution in [3.8, 4) is 11.4 Å². The average Bonchev–Trinajstić information content (AvgIpc) is 2.85. The number of nitrogens with one attached hydrogen (secondary N) is 1. The Hall–Kier alpha value is -2.44. The van der Waals surface area contributed by atoms with Crippen molar-refractivity contribution < 1.29 is 13.2 Å². The Kier molecular flexibility index (Phi) is 2.48. The molecule has 0 spiro atoms. The minimum atomic E-state index is -4.43. The van der Waals surface area contributed by atoms with Crippen molar-refractivity contribution in [2.75, 3.05) is 0 Å². The number of fused-ring (bicyclic) bond motifs is 1. The van der Waals surface area contributed by atoms with E-state index in [0.29, 0.717) is 16.5 Å². The van der Waals surface area contributed by atoms with Crippen molar-refractivity contribution in [3.05, 3.63) is 42.4 Å². The SMILES string of the molecule is FC(F)(F)c1cc(-c2ncccn2)c2cn[nH]c2c1. The van der Waals surface area contributed by atoms with Crippen LogP contribution in [0.25, 0.3) is 22.3 Å². The maximum absolute atomic E-state index is 12.8. The summed E-state index contributed by atoms with van der Waals surface area (Å²) in [4.78, 5) is 7.96. The quantitative estimate of drug-likeness (QED) is 0.735. The fourth-order valence-corrected chi connectivity index (χ4v) is 1.84. The predicted molar refractivity (Wildman–Crippen MR) is 62.1 cm³/mol. The zero-order valence-corrected chi connectivity index (χ0v) is 9.44. The second-order valence-corrected chi connectivity index (χ2v) is 3.93. The van der Waals surface area contributed by atoms with Crippen LogP contribution in [-0.4, -0.2) is 20.2 Å². The predicted octanol–water partition coefficient (Wildman–Crippen LogP) is 3.04. The third kappa shape index (κ3) is 2.03. The molecule has 1 aromatic carbocycles. The summed E-state index contributed by atoms with van der Waals surface area (Å²) < 4.78 is 38.5. The summed E-state index contributed by atoms with van der Waals surface area (Å²) in [7, 11) is 0. The summed E-state index contributed by atoms with van der Waals surface area (Å²) in [6, 6.07) is 3.66. The van der Waals surface area contributed by atoms with Crippen LogP contribution in [0.15, 0.2) is 36.8 Å². The van der Waals surface area contributed by atoms with Crippen molar-refractivity contribution in [1.82, 2.24) is 20.2 Å². The molecule has 0 fully saturated rings. The molecule has 0 saturated carbocycles. The monoisotopic (exact) mass is 264 g/mol. The van der Waals surface area contributed by atoms with Gasteiger partial charge in [0, 0.05) is 23.3 Å². The number of hydrogen-bond acceptors (Lipinski definition) is 3. The van der Waals surface area contributed by atoms with Crippen LogP contribution in [0.4, 0.5) is 13.2 Å². The van der Waals surface area contributed by atoms with E-state index in [-0.39, 0.29) is 5.82 Å². The van der Waals surface area contributed by atoms with E-state index in [2.05, 4.69) is 20.2 Å². The largest absolute Gasteiger partial charge is 0.416 e. The third-order valence-electron chi connectivity index (χ3n) is 2.69. The number of aromatic amines is 1. The molecule has 1 N–H and O–H groups in total. The molecule has 0 bridgehead atoms. The van der Waals surface area contributed by atoms with Gasteiger partial charge in [0.15, 0.2) is 5.82 Å². The van der Waals surface area contributed by atoms with Gasteiger partial charge in [-0.2, -0.15) is 18.3 Å². The highest BCUT2D eigenvalue weighted by atomic mass is 19.4. The van der Waals surface area contributed by atoms with Gasteiger partial charge in [0.1, 0.15) is 0 Å². The summed E-state index contributed by atoms with van der Waals surface area (Å²) >= 11 is 0. The lowest BCUT2D eigenvalue weighted by molar-refractivity contribution is -0.137. The van der Waals surface area contributed by atoms with E-state index < -0.39 is 11.7 Å². The summed E-state index contributed by atoms with van der Waals surface area (Å²) in [5, 5.41) is 6.85. The number of rotatable bonds is 1. The standard InChI is InChI=1S/C12H7F3N4/c13-12(14,15)7-4-8(11-16-2-1-3-17-11)9-6-18-19-10(9)5-7/h1-6H,(H,18,19). The zero-order valence-electron chi connectivity index (χ0n) is 9.44. The van der Waals surface area contributed by atoms with Crippen molar-refractivity contribution in [1.29, 1.82) is 0 Å². The zero-order chi connectivity index (χ0) is 13.5. The summed E-state index contributed by atoms with van der Waals surface area (Å²) in [5.74, 6) is 0.236. The first-order chi connectivity index (χ1) is 9.05. The number of H-pyrrole nitrogens is 1. The molecular formula is C12H7F3N4. The molecule has 96 valence electrons. The van der Waals surface area contributed by atoms with Crippen molar-refractivity contribution >= 4 is 10.9 Å². The molecule has 0 aliphatic rings. The maximum Gasteiger partial charge on any atom is 0.416 e. The Labute approximate surface area is 105 Å². The number of alkyl halides is 3. The molecule has 3 aromatic rings. The minimum Gasteiger partial charge on any atom is -0.278 e. The highest BCUT2D eigenvalue weighted by Gasteiger charge is 2.32. The molecule has 0 amide bonds. The Balaban J connectivity index is 2.31. The van der Waals surface area contributed by atoms with Gasteiger partial charge in [-0.1, -0.05) is 0 Å². The molecule has 0 unspecified atom stereocenters. The molecule has 4 nitrogen and oxygen atoms in total. The second-order valence-electron chi connectivity index (χ2n) is 3.93. The minimum absolute atomic E-state index is 0.236. The van der Waals surface area contributed by atoms with E-state index in [1.807, 2.05) is 0 Å². The summed E-state index contributed by atoms with van der Waals surface area (Å²) in [5.41, 5.74) is -0.150. The Morgan fingerprint density at radius 3 is 2.47 bits per heavy atom. The molecule has 0 saturated heterocycles. The Bertz CT molecular complexity index is 719. The van der Waals surface area contributed by atoms with Crippen LogP contribution in [0.2, 0.25) is 0 Å². The van der Waals surface area contributed by atoms with Crippen molar-refractivity contribution in [2.24, 2.45) is 0 Å². The summed E-state index contributed by atoms with van der Waals surface area (Å²) in [6.07, 6.45) is -0.00691. The van der Waals surface area contributed by atoms with E-state index >= 15 is 0 Å². The topological polar surface area (TPSA) is 54.5 Å². The van der Waals surface area contributed by atoms with Crippen molar-refractivity contribution in [3.63, 3.8) is 0 Å². The fourth-order valence-electron chi connectivity index (χ4n) is 1.84. The molecule has 2 heterocycles. The van der Waals surface area contributed by atoms with Crippen LogP contribution in [0.1, 0.15) is 5.56 Å². The second kappa shape index (κ2) is 4.04. The first kappa shape index (κ1) is 11.6. The van der Waals surface area contributed by atoms with Gasteiger partial charge in [0.05, 0.1) is 17.3 Å². The average molecular weight is 264 g/mol. The number of aromatic nitrogens is 4. The van der Waals surface area contributed by atoms with Gasteiger partial charge in [-0.3, -0.25) is 5.10 Å². The van der Waals surface area contributed by atoms with Gasteiger partial charge >= 0.3 is 6.18 Å². The fraction of sp³-hybridized carbons (Fsp3) is 0.0833. The van der Waals surface area contributed by atoms with Gasteiger partial charge in [0.25, 0.3) is 0 Å². The Morgan fingerprint density at radius 1 is 1.05 bits per heavy atom. The normalized spacial score (nSPS) is 11.9. The van der Waals surface area contributed by atoms with Crippen molar-refractivity contribution in [2.45, 2.75) is 6.18 Å². The summed E-state index contributed by atoms with van der Waals surface area (Å²) in [6.45, 7) is 0. The smallest absolute Gasteiger partial charge is 0.278 e. The van der Waals surface area contributed by atoms with Crippen LogP contribution in [-0.2, 0) is 6.18 Å². The Morgan fingerprint density at radius 2 is 1.79 bits per heavy atom. The van der Waals surface area contributed by atoms with E-state index in [1.165, 1.54) is 18.6 Å². The van der Waals surface area contributed by atoms with Crippen LogP contribution in [0, 0.1) is 0 Å². The van der Waals surface area contributed by atoms with E-state index in [0.717, 1.165) is 12.1 Å². The number of benzene rings is 1. The number of nitrogens with zero attached hydrogens (tertiary/aromatic N) is 3. The van der Waals surface area contributed by atoms with Gasteiger partial charge < -0.3 is 0 Å². The van der Waals surface area contributed by atoms with Gasteiger partial charge in [-0.15, -0.1) is 0 Å². The van der Waals surface area contributed by atoms with Gasteiger partial charge in [0.2, 0.25) is 0 Å². The molecule has 0 atom stereocenters. The lowest BCUT2D eigenvalue weighted by Crippen LogP contribution is -2.05. The lowest BCUT2D eigenvalue weighted by Gasteiger charge is -2.09. The molecule has 2 aromatic heterocycles. The first-order valence-electron chi connectivity index (χ1n) is 5.37. The molecule has 0 aliphatic carbocycles. The van der Waals surface area contributed by atoms with Crippen LogP contribution in [0.5, 0.6) is 0 Å². The lowest BCUT2D eigenvalue weighted by atomic mass is 10.1. The third-order valence-corrected chi connectivity index (χ3v) is 2.69. The van der Waals surface area contributed by atoms with Crippen LogP contribution < -0.4 is 0 Å². The van der Waals surface area contributed by atoms with Crippen LogP contribution >= 0.6 is 0 Å².